The third-order valence-corrected chi connectivity index (χ3v) is 5.28. The van der Waals surface area contributed by atoms with Crippen molar-refractivity contribution < 1.29 is 9.59 Å². The van der Waals surface area contributed by atoms with Crippen molar-refractivity contribution in [3.63, 3.8) is 0 Å². The quantitative estimate of drug-likeness (QED) is 0.674. The van der Waals surface area contributed by atoms with Crippen LogP contribution in [-0.4, -0.2) is 30.9 Å². The van der Waals surface area contributed by atoms with Gasteiger partial charge in [-0.1, -0.05) is 67.6 Å². The lowest BCUT2D eigenvalue weighted by atomic mass is 10.0. The molecule has 2 N–H and O–H groups in total. The van der Waals surface area contributed by atoms with Gasteiger partial charge in [-0.05, 0) is 30.2 Å². The van der Waals surface area contributed by atoms with Crippen molar-refractivity contribution in [2.45, 2.75) is 19.5 Å². The smallest absolute Gasteiger partial charge is 0.311 e. The van der Waals surface area contributed by atoms with Crippen LogP contribution in [0.25, 0.3) is 0 Å². The summed E-state index contributed by atoms with van der Waals surface area (Å²) in [6.07, 6.45) is -0.130. The molecule has 1 atom stereocenters. The number of urea groups is 1. The molecule has 31 heavy (non-hydrogen) atoms. The maximum atomic E-state index is 13.1. The zero-order valence-corrected chi connectivity index (χ0v) is 17.5. The maximum absolute atomic E-state index is 13.1. The van der Waals surface area contributed by atoms with E-state index in [1.165, 1.54) is 10.5 Å². The van der Waals surface area contributed by atoms with E-state index in [1.54, 1.807) is 7.05 Å². The molecular weight excluding hydrogens is 388 g/mol. The van der Waals surface area contributed by atoms with Crippen molar-refractivity contribution in [1.29, 1.82) is 0 Å². The van der Waals surface area contributed by atoms with E-state index < -0.39 is 12.2 Å². The van der Waals surface area contributed by atoms with Crippen LogP contribution in [0.2, 0.25) is 0 Å². The first-order chi connectivity index (χ1) is 15.1. The highest BCUT2D eigenvalue weighted by Crippen LogP contribution is 2.27. The fourth-order valence-electron chi connectivity index (χ4n) is 3.56. The third kappa shape index (κ3) is 4.33. The number of para-hydroxylation sites is 1. The molecule has 3 aromatic carbocycles. The van der Waals surface area contributed by atoms with Crippen LogP contribution in [0.3, 0.4) is 0 Å². The summed E-state index contributed by atoms with van der Waals surface area (Å²) in [5.41, 5.74) is 4.95. The van der Waals surface area contributed by atoms with Gasteiger partial charge in [0.05, 0.1) is 11.4 Å². The number of carbonyl (C=O) groups is 2. The number of likely N-dealkylation sites (N-methyl/N-ethyl adjacent to an activating group) is 1. The molecule has 156 valence electrons. The fourth-order valence-corrected chi connectivity index (χ4v) is 3.56. The number of nitrogens with one attached hydrogen (secondary N) is 2. The van der Waals surface area contributed by atoms with E-state index in [1.807, 2.05) is 78.9 Å². The zero-order valence-electron chi connectivity index (χ0n) is 17.5. The van der Waals surface area contributed by atoms with Crippen LogP contribution < -0.4 is 15.5 Å². The van der Waals surface area contributed by atoms with E-state index in [2.05, 4.69) is 22.5 Å². The Hall–Kier alpha value is -3.93. The summed E-state index contributed by atoms with van der Waals surface area (Å²) in [6, 6.07) is 24.4. The average Bonchev–Trinajstić information content (AvgIpc) is 2.91. The third-order valence-electron chi connectivity index (χ3n) is 5.28. The van der Waals surface area contributed by atoms with E-state index in [4.69, 9.17) is 0 Å². The second-order valence-corrected chi connectivity index (χ2v) is 7.31. The number of benzodiazepines with no additional fused rings is 1. The predicted octanol–water partition coefficient (Wildman–Crippen LogP) is 4.21. The van der Waals surface area contributed by atoms with Crippen LogP contribution >= 0.6 is 0 Å². The topological polar surface area (TPSA) is 73.8 Å². The summed E-state index contributed by atoms with van der Waals surface area (Å²) in [7, 11) is 1.70. The molecule has 0 unspecified atom stereocenters. The van der Waals surface area contributed by atoms with Crippen LogP contribution in [-0.2, 0) is 11.2 Å². The fraction of sp³-hybridized carbons (Fsp3) is 0.160. The van der Waals surface area contributed by atoms with Crippen molar-refractivity contribution in [1.82, 2.24) is 5.32 Å². The van der Waals surface area contributed by atoms with Crippen molar-refractivity contribution in [3.8, 4) is 0 Å². The standard InChI is InChI=1S/C25H24N4O2/c1-3-17-13-15-19(16-14-17)26-25(31)28-23-24(30)29(2)21-12-8-7-11-20(21)22(27-23)18-9-5-4-6-10-18/h4-16,23H,3H2,1-2H3,(H2,26,28,31)/t23-/m0/s1. The molecule has 0 spiro atoms. The number of fused-ring (bicyclic) bond motifs is 1. The van der Waals surface area contributed by atoms with Crippen LogP contribution in [0.15, 0.2) is 83.9 Å². The first-order valence-corrected chi connectivity index (χ1v) is 10.2. The Morgan fingerprint density at radius 3 is 2.35 bits per heavy atom. The largest absolute Gasteiger partial charge is 0.321 e. The van der Waals surface area contributed by atoms with Gasteiger partial charge in [-0.15, -0.1) is 0 Å². The van der Waals surface area contributed by atoms with E-state index in [9.17, 15) is 9.59 Å². The summed E-state index contributed by atoms with van der Waals surface area (Å²) in [5.74, 6) is -0.310. The number of hydrogen-bond acceptors (Lipinski definition) is 3. The minimum atomic E-state index is -1.05. The van der Waals surface area contributed by atoms with Crippen LogP contribution in [0.5, 0.6) is 0 Å². The van der Waals surface area contributed by atoms with Gasteiger partial charge < -0.3 is 15.5 Å². The Bertz CT molecular complexity index is 1120. The van der Waals surface area contributed by atoms with Gasteiger partial charge in [-0.3, -0.25) is 4.79 Å². The van der Waals surface area contributed by atoms with E-state index in [0.29, 0.717) is 11.4 Å². The van der Waals surface area contributed by atoms with Crippen LogP contribution in [0.1, 0.15) is 23.6 Å². The molecule has 1 aliphatic rings. The number of nitrogens with zero attached hydrogens (tertiary/aromatic N) is 2. The number of aryl methyl sites for hydroxylation is 1. The molecule has 0 bridgehead atoms. The Balaban J connectivity index is 1.65. The molecule has 0 radical (unpaired) electrons. The van der Waals surface area contributed by atoms with Gasteiger partial charge in [0.15, 0.2) is 0 Å². The monoisotopic (exact) mass is 412 g/mol. The van der Waals surface area contributed by atoms with E-state index in [-0.39, 0.29) is 5.91 Å². The second-order valence-electron chi connectivity index (χ2n) is 7.31. The van der Waals surface area contributed by atoms with Crippen molar-refractivity contribution >= 4 is 29.0 Å². The van der Waals surface area contributed by atoms with Crippen molar-refractivity contribution in [2.75, 3.05) is 17.3 Å². The molecule has 0 aromatic heterocycles. The van der Waals surface area contributed by atoms with Gasteiger partial charge >= 0.3 is 6.03 Å². The Kier molecular flexibility index (Phi) is 5.80. The Morgan fingerprint density at radius 2 is 1.65 bits per heavy atom. The van der Waals surface area contributed by atoms with Crippen LogP contribution in [0.4, 0.5) is 16.2 Å². The highest BCUT2D eigenvalue weighted by molar-refractivity contribution is 6.20. The zero-order chi connectivity index (χ0) is 21.8. The first-order valence-electron chi connectivity index (χ1n) is 10.2. The summed E-state index contributed by atoms with van der Waals surface area (Å²) in [4.78, 5) is 32.0. The Labute approximate surface area is 181 Å². The summed E-state index contributed by atoms with van der Waals surface area (Å²) in [6.45, 7) is 2.07. The highest BCUT2D eigenvalue weighted by atomic mass is 16.2. The van der Waals surface area contributed by atoms with Gasteiger partial charge in [-0.2, -0.15) is 0 Å². The van der Waals surface area contributed by atoms with Crippen LogP contribution in [0, 0.1) is 0 Å². The molecular formula is C25H24N4O2. The van der Waals surface area contributed by atoms with Gasteiger partial charge in [0, 0.05) is 23.9 Å². The lowest BCUT2D eigenvalue weighted by Crippen LogP contribution is -2.47. The molecule has 1 aliphatic heterocycles. The normalized spacial score (nSPS) is 15.5. The van der Waals surface area contributed by atoms with E-state index >= 15 is 0 Å². The molecule has 0 saturated heterocycles. The summed E-state index contributed by atoms with van der Waals surface area (Å²) >= 11 is 0. The molecule has 0 aliphatic carbocycles. The van der Waals surface area contributed by atoms with Gasteiger partial charge in [0.2, 0.25) is 6.17 Å². The second kappa shape index (κ2) is 8.83. The molecule has 0 fully saturated rings. The maximum Gasteiger partial charge on any atom is 0.321 e. The average molecular weight is 412 g/mol. The molecule has 6 heteroatoms. The molecule has 1 heterocycles. The number of benzene rings is 3. The molecule has 4 rings (SSSR count). The number of rotatable bonds is 4. The number of hydrogen-bond donors (Lipinski definition) is 2. The lowest BCUT2D eigenvalue weighted by molar-refractivity contribution is -0.119. The van der Waals surface area contributed by atoms with Gasteiger partial charge in [0.25, 0.3) is 5.91 Å². The SMILES string of the molecule is CCc1ccc(NC(=O)N[C@@H]2N=C(c3ccccc3)c3ccccc3N(C)C2=O)cc1. The molecule has 0 saturated carbocycles. The van der Waals surface area contributed by atoms with Gasteiger partial charge in [0.1, 0.15) is 0 Å². The number of anilines is 2. The molecule has 3 aromatic rings. The number of carbonyl (C=O) groups excluding carboxylic acids is 2. The van der Waals surface area contributed by atoms with E-state index in [0.717, 1.165) is 23.2 Å². The minimum Gasteiger partial charge on any atom is -0.311 e. The first kappa shape index (κ1) is 20.3. The van der Waals surface area contributed by atoms with Crippen molar-refractivity contribution in [2.24, 2.45) is 4.99 Å². The number of amides is 3. The minimum absolute atomic E-state index is 0.310. The lowest BCUT2D eigenvalue weighted by Gasteiger charge is -2.21. The Morgan fingerprint density at radius 1 is 0.968 bits per heavy atom. The molecule has 3 amide bonds. The van der Waals surface area contributed by atoms with Gasteiger partial charge in [-0.25, -0.2) is 9.79 Å². The molecule has 6 nitrogen and oxygen atoms in total. The summed E-state index contributed by atoms with van der Waals surface area (Å²) < 4.78 is 0. The number of aliphatic imine (C=N–C) groups is 1. The van der Waals surface area contributed by atoms with Crippen molar-refractivity contribution in [3.05, 3.63) is 95.6 Å². The highest BCUT2D eigenvalue weighted by Gasteiger charge is 2.30. The predicted molar refractivity (Wildman–Crippen MR) is 124 cm³/mol. The summed E-state index contributed by atoms with van der Waals surface area (Å²) in [5, 5.41) is 5.50.